The maximum Gasteiger partial charge on any atom is 0.0827 e. The summed E-state index contributed by atoms with van der Waals surface area (Å²) in [5.41, 5.74) is 7.80. The van der Waals surface area contributed by atoms with Crippen LogP contribution in [0.2, 0.25) is 15.1 Å². The van der Waals surface area contributed by atoms with Crippen molar-refractivity contribution in [3.8, 4) is 0 Å². The molecule has 88 valence electrons. The highest BCUT2D eigenvalue weighted by Crippen LogP contribution is 2.34. The zero-order valence-corrected chi connectivity index (χ0v) is 10.9. The van der Waals surface area contributed by atoms with Gasteiger partial charge in [0.25, 0.3) is 0 Å². The number of benzene rings is 2. The van der Waals surface area contributed by atoms with E-state index in [1.807, 2.05) is 6.07 Å². The van der Waals surface area contributed by atoms with Gasteiger partial charge in [-0.3, -0.25) is 0 Å². The zero-order chi connectivity index (χ0) is 12.4. The lowest BCUT2D eigenvalue weighted by molar-refractivity contribution is 1.54. The molecule has 0 aliphatic heterocycles. The molecule has 0 radical (unpaired) electrons. The summed E-state index contributed by atoms with van der Waals surface area (Å²) in [6, 6.07) is 10.5. The molecule has 2 rings (SSSR count). The lowest BCUT2D eigenvalue weighted by Gasteiger charge is -2.11. The molecule has 5 heteroatoms. The van der Waals surface area contributed by atoms with Gasteiger partial charge in [-0.25, -0.2) is 0 Å². The van der Waals surface area contributed by atoms with Crippen LogP contribution < -0.4 is 11.1 Å². The Balaban J connectivity index is 2.38. The quantitative estimate of drug-likeness (QED) is 0.765. The standard InChI is InChI=1S/C12H9Cl3N2/c13-7-4-5-9(16)11(6-7)17-10-3-1-2-8(14)12(10)15/h1-6,17H,16H2. The van der Waals surface area contributed by atoms with Crippen molar-refractivity contribution in [2.75, 3.05) is 11.1 Å². The third-order valence-electron chi connectivity index (χ3n) is 2.24. The Labute approximate surface area is 114 Å². The summed E-state index contributed by atoms with van der Waals surface area (Å²) in [5, 5.41) is 4.63. The molecular formula is C12H9Cl3N2. The molecule has 3 N–H and O–H groups in total. The van der Waals surface area contributed by atoms with E-state index in [0.29, 0.717) is 32.1 Å². The fraction of sp³-hybridized carbons (Fsp3) is 0. The van der Waals surface area contributed by atoms with Crippen LogP contribution in [0.25, 0.3) is 0 Å². The van der Waals surface area contributed by atoms with Gasteiger partial charge in [-0.15, -0.1) is 0 Å². The van der Waals surface area contributed by atoms with Crippen LogP contribution in [0.4, 0.5) is 17.1 Å². The molecule has 0 bridgehead atoms. The smallest absolute Gasteiger partial charge is 0.0827 e. The molecule has 0 aliphatic carbocycles. The average molecular weight is 288 g/mol. The fourth-order valence-electron chi connectivity index (χ4n) is 1.38. The molecule has 2 nitrogen and oxygen atoms in total. The molecule has 0 unspecified atom stereocenters. The minimum Gasteiger partial charge on any atom is -0.397 e. The molecule has 2 aromatic carbocycles. The van der Waals surface area contributed by atoms with Gasteiger partial charge >= 0.3 is 0 Å². The van der Waals surface area contributed by atoms with Crippen molar-refractivity contribution in [2.45, 2.75) is 0 Å². The maximum atomic E-state index is 6.07. The van der Waals surface area contributed by atoms with E-state index in [9.17, 15) is 0 Å². The number of nitrogen functional groups attached to an aromatic ring is 1. The predicted octanol–water partition coefficient (Wildman–Crippen LogP) is 4.97. The number of nitrogens with two attached hydrogens (primary N) is 1. The summed E-state index contributed by atoms with van der Waals surface area (Å²) in [5.74, 6) is 0. The van der Waals surface area contributed by atoms with Crippen molar-refractivity contribution in [3.63, 3.8) is 0 Å². The van der Waals surface area contributed by atoms with E-state index in [1.54, 1.807) is 30.3 Å². The lowest BCUT2D eigenvalue weighted by Crippen LogP contribution is -1.96. The topological polar surface area (TPSA) is 38.0 Å². The van der Waals surface area contributed by atoms with Crippen molar-refractivity contribution >= 4 is 51.9 Å². The Morgan fingerprint density at radius 1 is 0.941 bits per heavy atom. The molecule has 0 amide bonds. The SMILES string of the molecule is Nc1ccc(Cl)cc1Nc1cccc(Cl)c1Cl. The Morgan fingerprint density at radius 3 is 2.47 bits per heavy atom. The van der Waals surface area contributed by atoms with Crippen LogP contribution in [-0.2, 0) is 0 Å². The second kappa shape index (κ2) is 5.05. The Hall–Kier alpha value is -1.09. The number of hydrogen-bond acceptors (Lipinski definition) is 2. The van der Waals surface area contributed by atoms with Gasteiger partial charge in [0.1, 0.15) is 0 Å². The van der Waals surface area contributed by atoms with Crippen LogP contribution in [0.1, 0.15) is 0 Å². The van der Waals surface area contributed by atoms with Crippen LogP contribution in [0.3, 0.4) is 0 Å². The van der Waals surface area contributed by atoms with E-state index in [1.165, 1.54) is 0 Å². The van der Waals surface area contributed by atoms with Crippen LogP contribution >= 0.6 is 34.8 Å². The van der Waals surface area contributed by atoms with E-state index in [0.717, 1.165) is 0 Å². The molecule has 0 aromatic heterocycles. The molecule has 0 saturated heterocycles. The Bertz CT molecular complexity index is 555. The first kappa shape index (κ1) is 12.4. The Kier molecular flexibility index (Phi) is 3.67. The fourth-order valence-corrected chi connectivity index (χ4v) is 1.90. The van der Waals surface area contributed by atoms with E-state index in [-0.39, 0.29) is 0 Å². The highest BCUT2D eigenvalue weighted by Gasteiger charge is 2.06. The van der Waals surface area contributed by atoms with Gasteiger partial charge < -0.3 is 11.1 Å². The summed E-state index contributed by atoms with van der Waals surface area (Å²) in [4.78, 5) is 0. The van der Waals surface area contributed by atoms with Crippen molar-refractivity contribution in [1.82, 2.24) is 0 Å². The number of nitrogens with one attached hydrogen (secondary N) is 1. The molecular weight excluding hydrogens is 279 g/mol. The van der Waals surface area contributed by atoms with E-state index >= 15 is 0 Å². The molecule has 0 aliphatic rings. The Morgan fingerprint density at radius 2 is 1.71 bits per heavy atom. The summed E-state index contributed by atoms with van der Waals surface area (Å²) >= 11 is 17.9. The normalized spacial score (nSPS) is 10.3. The number of rotatable bonds is 2. The predicted molar refractivity (Wildman–Crippen MR) is 75.6 cm³/mol. The first-order chi connectivity index (χ1) is 8.08. The van der Waals surface area contributed by atoms with Gasteiger partial charge in [0, 0.05) is 5.02 Å². The lowest BCUT2D eigenvalue weighted by atomic mass is 10.2. The average Bonchev–Trinajstić information content (AvgIpc) is 2.30. The summed E-state index contributed by atoms with van der Waals surface area (Å²) in [6.07, 6.45) is 0. The third kappa shape index (κ3) is 2.78. The van der Waals surface area contributed by atoms with E-state index in [2.05, 4.69) is 5.32 Å². The van der Waals surface area contributed by atoms with Crippen molar-refractivity contribution < 1.29 is 0 Å². The number of anilines is 3. The van der Waals surface area contributed by atoms with Crippen molar-refractivity contribution in [3.05, 3.63) is 51.5 Å². The maximum absolute atomic E-state index is 6.07. The van der Waals surface area contributed by atoms with Crippen LogP contribution in [0.15, 0.2) is 36.4 Å². The molecule has 0 heterocycles. The van der Waals surface area contributed by atoms with Gasteiger partial charge in [-0.05, 0) is 30.3 Å². The van der Waals surface area contributed by atoms with Gasteiger partial charge in [0.2, 0.25) is 0 Å². The minimum atomic E-state index is 0.452. The summed E-state index contributed by atoms with van der Waals surface area (Å²) < 4.78 is 0. The monoisotopic (exact) mass is 286 g/mol. The molecule has 0 atom stereocenters. The van der Waals surface area contributed by atoms with Gasteiger partial charge in [0.05, 0.1) is 27.1 Å². The van der Waals surface area contributed by atoms with Gasteiger partial charge in [0.15, 0.2) is 0 Å². The van der Waals surface area contributed by atoms with Crippen LogP contribution in [0.5, 0.6) is 0 Å². The molecule has 0 fully saturated rings. The first-order valence-corrected chi connectivity index (χ1v) is 5.97. The van der Waals surface area contributed by atoms with Crippen LogP contribution in [0, 0.1) is 0 Å². The van der Waals surface area contributed by atoms with Crippen molar-refractivity contribution in [1.29, 1.82) is 0 Å². The van der Waals surface area contributed by atoms with Crippen LogP contribution in [-0.4, -0.2) is 0 Å². The number of hydrogen-bond donors (Lipinski definition) is 2. The molecule has 17 heavy (non-hydrogen) atoms. The van der Waals surface area contributed by atoms with E-state index in [4.69, 9.17) is 40.5 Å². The van der Waals surface area contributed by atoms with Gasteiger partial charge in [-0.1, -0.05) is 40.9 Å². The molecule has 2 aromatic rings. The second-order valence-corrected chi connectivity index (χ2v) is 4.68. The highest BCUT2D eigenvalue weighted by molar-refractivity contribution is 6.43. The van der Waals surface area contributed by atoms with E-state index < -0.39 is 0 Å². The first-order valence-electron chi connectivity index (χ1n) is 4.84. The zero-order valence-electron chi connectivity index (χ0n) is 8.68. The summed E-state index contributed by atoms with van der Waals surface area (Å²) in [7, 11) is 0. The second-order valence-electron chi connectivity index (χ2n) is 3.46. The molecule has 0 spiro atoms. The highest BCUT2D eigenvalue weighted by atomic mass is 35.5. The summed E-state index contributed by atoms with van der Waals surface area (Å²) in [6.45, 7) is 0. The number of halogens is 3. The van der Waals surface area contributed by atoms with Crippen molar-refractivity contribution in [2.24, 2.45) is 0 Å². The largest absolute Gasteiger partial charge is 0.397 e. The minimum absolute atomic E-state index is 0.452. The van der Waals surface area contributed by atoms with Gasteiger partial charge in [-0.2, -0.15) is 0 Å². The molecule has 0 saturated carbocycles. The third-order valence-corrected chi connectivity index (χ3v) is 3.29.